The molecule has 0 radical (unpaired) electrons. The molecule has 2 rings (SSSR count). The van der Waals surface area contributed by atoms with Gasteiger partial charge in [-0.15, -0.1) is 0 Å². The summed E-state index contributed by atoms with van der Waals surface area (Å²) >= 11 is 18.1. The van der Waals surface area contributed by atoms with Crippen LogP contribution in [0.3, 0.4) is 0 Å². The number of amides is 2. The van der Waals surface area contributed by atoms with E-state index in [1.165, 1.54) is 23.1 Å². The third-order valence-electron chi connectivity index (χ3n) is 4.82. The molecule has 2 amide bonds. The summed E-state index contributed by atoms with van der Waals surface area (Å²) in [5.74, 6) is -0.872. The molecule has 2 aromatic rings. The highest BCUT2D eigenvalue weighted by Crippen LogP contribution is 2.27. The summed E-state index contributed by atoms with van der Waals surface area (Å²) in [7, 11) is -3.87. The Labute approximate surface area is 209 Å². The number of halogens is 3. The molecule has 0 aliphatic rings. The maximum Gasteiger partial charge on any atom is 0.244 e. The summed E-state index contributed by atoms with van der Waals surface area (Å²) in [6.07, 6.45) is 1.33. The van der Waals surface area contributed by atoms with Gasteiger partial charge in [0.05, 0.1) is 11.9 Å². The van der Waals surface area contributed by atoms with Crippen LogP contribution in [0, 0.1) is 0 Å². The van der Waals surface area contributed by atoms with Crippen molar-refractivity contribution < 1.29 is 18.0 Å². The molecule has 0 aliphatic heterocycles. The lowest BCUT2D eigenvalue weighted by Gasteiger charge is -2.32. The quantitative estimate of drug-likeness (QED) is 0.491. The van der Waals surface area contributed by atoms with Crippen molar-refractivity contribution in [1.29, 1.82) is 0 Å². The van der Waals surface area contributed by atoms with E-state index in [-0.39, 0.29) is 28.2 Å². The smallest absolute Gasteiger partial charge is 0.244 e. The van der Waals surface area contributed by atoms with Crippen molar-refractivity contribution in [3.05, 3.63) is 63.1 Å². The average molecular weight is 535 g/mol. The monoisotopic (exact) mass is 533 g/mol. The topological polar surface area (TPSA) is 86.8 Å². The molecule has 1 N–H and O–H groups in total. The predicted molar refractivity (Wildman–Crippen MR) is 133 cm³/mol. The highest BCUT2D eigenvalue weighted by Gasteiger charge is 2.31. The lowest BCUT2D eigenvalue weighted by Crippen LogP contribution is -2.52. The Balaban J connectivity index is 2.45. The molecule has 0 bridgehead atoms. The molecule has 33 heavy (non-hydrogen) atoms. The average Bonchev–Trinajstić information content (AvgIpc) is 2.71. The van der Waals surface area contributed by atoms with Gasteiger partial charge in [0, 0.05) is 28.2 Å². The van der Waals surface area contributed by atoms with Crippen LogP contribution >= 0.6 is 34.8 Å². The second-order valence-electron chi connectivity index (χ2n) is 7.36. The van der Waals surface area contributed by atoms with Crippen molar-refractivity contribution >= 4 is 62.3 Å². The number of nitrogens with one attached hydrogen (secondary N) is 1. The fourth-order valence-corrected chi connectivity index (χ4v) is 4.77. The van der Waals surface area contributed by atoms with Crippen molar-refractivity contribution in [3.63, 3.8) is 0 Å². The van der Waals surface area contributed by atoms with E-state index in [9.17, 15) is 18.0 Å². The first-order chi connectivity index (χ1) is 15.5. The summed E-state index contributed by atoms with van der Waals surface area (Å²) < 4.78 is 26.0. The van der Waals surface area contributed by atoms with Gasteiger partial charge >= 0.3 is 0 Å². The Bertz CT molecular complexity index is 1070. The zero-order valence-corrected chi connectivity index (χ0v) is 21.6. The predicted octanol–water partition coefficient (Wildman–Crippen LogP) is 4.36. The summed E-state index contributed by atoms with van der Waals surface area (Å²) in [6, 6.07) is 10.4. The minimum atomic E-state index is -3.87. The van der Waals surface area contributed by atoms with Gasteiger partial charge in [0.25, 0.3) is 0 Å². The largest absolute Gasteiger partial charge is 0.355 e. The maximum atomic E-state index is 13.5. The minimum Gasteiger partial charge on any atom is -0.355 e. The number of hydrogen-bond donors (Lipinski definition) is 1. The number of hydrogen-bond acceptors (Lipinski definition) is 4. The van der Waals surface area contributed by atoms with Crippen LogP contribution in [0.4, 0.5) is 5.69 Å². The third kappa shape index (κ3) is 7.78. The van der Waals surface area contributed by atoms with E-state index in [1.807, 2.05) is 0 Å². The highest BCUT2D eigenvalue weighted by atomic mass is 35.5. The van der Waals surface area contributed by atoms with Crippen LogP contribution in [0.2, 0.25) is 15.1 Å². The Morgan fingerprint density at radius 2 is 1.55 bits per heavy atom. The highest BCUT2D eigenvalue weighted by molar-refractivity contribution is 7.92. The summed E-state index contributed by atoms with van der Waals surface area (Å²) in [4.78, 5) is 27.6. The fraction of sp³-hybridized carbons (Fsp3) is 0.364. The molecule has 0 fully saturated rings. The number of anilines is 1. The van der Waals surface area contributed by atoms with Gasteiger partial charge in [-0.25, -0.2) is 8.42 Å². The standard InChI is InChI=1S/C22H26Cl3N3O4S/c1-4-20(22(30)26-5-2)27(13-15-6-8-16(23)9-7-15)21(29)14-28(33(3,31)32)19-11-17(24)10-18(25)12-19/h6-12,20H,4-5,13-14H2,1-3H3,(H,26,30)/t20-/m1/s1. The van der Waals surface area contributed by atoms with E-state index in [0.717, 1.165) is 16.1 Å². The Morgan fingerprint density at radius 3 is 2.03 bits per heavy atom. The first-order valence-corrected chi connectivity index (χ1v) is 13.2. The van der Waals surface area contributed by atoms with Crippen molar-refractivity contribution in [1.82, 2.24) is 10.2 Å². The van der Waals surface area contributed by atoms with E-state index < -0.39 is 28.5 Å². The van der Waals surface area contributed by atoms with E-state index in [1.54, 1.807) is 38.1 Å². The van der Waals surface area contributed by atoms with Crippen LogP contribution in [-0.4, -0.2) is 50.5 Å². The van der Waals surface area contributed by atoms with E-state index >= 15 is 0 Å². The first kappa shape index (κ1) is 27.2. The van der Waals surface area contributed by atoms with Crippen LogP contribution in [0.5, 0.6) is 0 Å². The Kier molecular flexibility index (Phi) is 9.84. The third-order valence-corrected chi connectivity index (χ3v) is 6.65. The van der Waals surface area contributed by atoms with E-state index in [4.69, 9.17) is 34.8 Å². The number of likely N-dealkylation sites (N-methyl/N-ethyl adjacent to an activating group) is 1. The number of benzene rings is 2. The van der Waals surface area contributed by atoms with Gasteiger partial charge in [0.2, 0.25) is 21.8 Å². The van der Waals surface area contributed by atoms with Gasteiger partial charge in [0.1, 0.15) is 12.6 Å². The molecule has 0 unspecified atom stereocenters. The second kappa shape index (κ2) is 11.9. The summed E-state index contributed by atoms with van der Waals surface area (Å²) in [5, 5.41) is 3.73. The molecular formula is C22H26Cl3N3O4S. The molecule has 0 aromatic heterocycles. The molecule has 0 aliphatic carbocycles. The molecule has 7 nitrogen and oxygen atoms in total. The van der Waals surface area contributed by atoms with Gasteiger partial charge in [-0.2, -0.15) is 0 Å². The number of sulfonamides is 1. The molecule has 0 saturated carbocycles. The van der Waals surface area contributed by atoms with Gasteiger partial charge in [0.15, 0.2) is 0 Å². The van der Waals surface area contributed by atoms with Crippen LogP contribution in [0.15, 0.2) is 42.5 Å². The van der Waals surface area contributed by atoms with E-state index in [0.29, 0.717) is 18.0 Å². The molecular weight excluding hydrogens is 509 g/mol. The molecule has 11 heteroatoms. The Morgan fingerprint density at radius 1 is 0.970 bits per heavy atom. The summed E-state index contributed by atoms with van der Waals surface area (Å²) in [5.41, 5.74) is 0.896. The number of nitrogens with zero attached hydrogens (tertiary/aromatic N) is 2. The van der Waals surface area contributed by atoms with Crippen LogP contribution in [0.1, 0.15) is 25.8 Å². The molecule has 0 heterocycles. The number of rotatable bonds is 10. The zero-order chi connectivity index (χ0) is 24.8. The van der Waals surface area contributed by atoms with E-state index in [2.05, 4.69) is 5.32 Å². The lowest BCUT2D eigenvalue weighted by molar-refractivity contribution is -0.140. The second-order valence-corrected chi connectivity index (χ2v) is 10.6. The lowest BCUT2D eigenvalue weighted by atomic mass is 10.1. The molecule has 2 aromatic carbocycles. The number of carbonyl (C=O) groups excluding carboxylic acids is 2. The summed E-state index contributed by atoms with van der Waals surface area (Å²) in [6.45, 7) is 3.53. The number of carbonyl (C=O) groups is 2. The van der Waals surface area contributed by atoms with Crippen molar-refractivity contribution in [3.8, 4) is 0 Å². The van der Waals surface area contributed by atoms with Gasteiger partial charge in [-0.3, -0.25) is 13.9 Å². The normalized spacial score (nSPS) is 12.2. The SMILES string of the molecule is CCNC(=O)[C@@H](CC)N(Cc1ccc(Cl)cc1)C(=O)CN(c1cc(Cl)cc(Cl)c1)S(C)(=O)=O. The van der Waals surface area contributed by atoms with Crippen LogP contribution in [0.25, 0.3) is 0 Å². The van der Waals surface area contributed by atoms with Gasteiger partial charge in [-0.1, -0.05) is 53.9 Å². The molecule has 1 atom stereocenters. The van der Waals surface area contributed by atoms with Crippen molar-refractivity contribution in [2.75, 3.05) is 23.7 Å². The van der Waals surface area contributed by atoms with Crippen LogP contribution in [-0.2, 0) is 26.2 Å². The maximum absolute atomic E-state index is 13.5. The first-order valence-electron chi connectivity index (χ1n) is 10.2. The minimum absolute atomic E-state index is 0.0968. The van der Waals surface area contributed by atoms with Gasteiger partial charge in [-0.05, 0) is 49.2 Å². The molecule has 0 saturated heterocycles. The molecule has 180 valence electrons. The van der Waals surface area contributed by atoms with Crippen molar-refractivity contribution in [2.45, 2.75) is 32.9 Å². The zero-order valence-electron chi connectivity index (χ0n) is 18.5. The van der Waals surface area contributed by atoms with Crippen molar-refractivity contribution in [2.24, 2.45) is 0 Å². The van der Waals surface area contributed by atoms with Gasteiger partial charge < -0.3 is 10.2 Å². The fourth-order valence-electron chi connectivity index (χ4n) is 3.30. The van der Waals surface area contributed by atoms with Crippen LogP contribution < -0.4 is 9.62 Å². The Hall–Kier alpha value is -2.00. The molecule has 0 spiro atoms.